The van der Waals surface area contributed by atoms with Crippen molar-refractivity contribution in [2.45, 2.75) is 367 Å². The molecule has 0 radical (unpaired) electrons. The Morgan fingerprint density at radius 2 is 0.490 bits per heavy atom. The van der Waals surface area contributed by atoms with Crippen molar-refractivity contribution >= 4 is 39.5 Å². The van der Waals surface area contributed by atoms with Crippen LogP contribution in [0.1, 0.15) is 349 Å². The van der Waals surface area contributed by atoms with Crippen molar-refractivity contribution in [3.63, 3.8) is 0 Å². The number of aliphatic hydroxyl groups excluding tert-OH is 1. The fourth-order valence-corrected chi connectivity index (χ4v) is 12.3. The van der Waals surface area contributed by atoms with Gasteiger partial charge in [-0.25, -0.2) is 9.13 Å². The van der Waals surface area contributed by atoms with Gasteiger partial charge in [0.1, 0.15) is 19.3 Å². The molecule has 0 aromatic rings. The van der Waals surface area contributed by atoms with E-state index in [0.717, 1.165) is 148 Å². The van der Waals surface area contributed by atoms with Gasteiger partial charge >= 0.3 is 39.5 Å². The number of rotatable bonds is 76. The lowest BCUT2D eigenvalue weighted by atomic mass is 10.1. The number of aliphatic hydroxyl groups is 1. The van der Waals surface area contributed by atoms with Crippen LogP contribution in [0.15, 0.2) is 97.2 Å². The molecule has 0 saturated carbocycles. The standard InChI is InChI=1S/C83H146O17P2/c1-5-9-13-17-21-25-29-33-37-38-42-44-48-52-56-60-64-68-81(86)94-74-79(100-83(88)70-66-62-58-54-50-46-41-36-32-28-24-20-16-12-8-4)76-98-102(91,92)96-72-77(84)71-95-101(89,90)97-75-78(99-82(87)69-65-61-57-53-49-45-40-35-31-27-23-19-15-11-7-3)73-93-80(85)67-63-59-55-51-47-43-39-34-30-26-22-18-14-10-6-2/h21-22,25-26,33-37,39-42,44,52,56,77-79,84H,5-20,23-24,27-32,38,43,45-51,53-55,57-76H2,1-4H3,(H,89,90)(H,91,92)/b25-21-,26-22-,37-33-,39-34-,40-35-,41-36-,44-42-,56-52-/t77-,78-,79-/m1/s1. The van der Waals surface area contributed by atoms with E-state index in [9.17, 15) is 43.2 Å². The first-order valence-electron chi connectivity index (χ1n) is 40.5. The van der Waals surface area contributed by atoms with Crippen LogP contribution in [0, 0.1) is 0 Å². The summed E-state index contributed by atoms with van der Waals surface area (Å²) in [7, 11) is -9.97. The fraction of sp³-hybridized carbons (Fsp3) is 0.759. The van der Waals surface area contributed by atoms with Crippen LogP contribution in [-0.2, 0) is 65.4 Å². The zero-order valence-corrected chi connectivity index (χ0v) is 66.3. The average Bonchev–Trinajstić information content (AvgIpc) is 0.923. The molecule has 3 N–H and O–H groups in total. The van der Waals surface area contributed by atoms with Crippen molar-refractivity contribution in [3.8, 4) is 0 Å². The van der Waals surface area contributed by atoms with E-state index in [1.54, 1.807) is 0 Å². The third kappa shape index (κ3) is 74.3. The van der Waals surface area contributed by atoms with Crippen molar-refractivity contribution in [1.82, 2.24) is 0 Å². The number of hydrogen-bond donors (Lipinski definition) is 3. The Morgan fingerprint density at radius 1 is 0.275 bits per heavy atom. The number of phosphoric acid groups is 2. The molecule has 590 valence electrons. The second-order valence-electron chi connectivity index (χ2n) is 27.0. The average molecular weight is 1480 g/mol. The lowest BCUT2D eigenvalue weighted by molar-refractivity contribution is -0.161. The van der Waals surface area contributed by atoms with E-state index in [0.29, 0.717) is 32.1 Å². The minimum Gasteiger partial charge on any atom is -0.462 e. The summed E-state index contributed by atoms with van der Waals surface area (Å²) in [6.07, 6.45) is 79.6. The summed E-state index contributed by atoms with van der Waals surface area (Å²) >= 11 is 0. The second kappa shape index (κ2) is 75.2. The predicted octanol–water partition coefficient (Wildman–Crippen LogP) is 23.6. The minimum atomic E-state index is -4.99. The first-order valence-corrected chi connectivity index (χ1v) is 43.5. The zero-order chi connectivity index (χ0) is 74.6. The highest BCUT2D eigenvalue weighted by atomic mass is 31.2. The van der Waals surface area contributed by atoms with Gasteiger partial charge in [0.2, 0.25) is 0 Å². The molecule has 0 aliphatic rings. The van der Waals surface area contributed by atoms with E-state index in [1.165, 1.54) is 116 Å². The van der Waals surface area contributed by atoms with E-state index < -0.39 is 97.5 Å². The van der Waals surface area contributed by atoms with Gasteiger partial charge in [0.15, 0.2) is 12.2 Å². The number of esters is 4. The van der Waals surface area contributed by atoms with Gasteiger partial charge in [0.05, 0.1) is 26.4 Å². The van der Waals surface area contributed by atoms with Gasteiger partial charge in [-0.1, -0.05) is 273 Å². The summed E-state index contributed by atoms with van der Waals surface area (Å²) in [6.45, 7) is 4.76. The molecule has 0 spiro atoms. The highest BCUT2D eigenvalue weighted by Gasteiger charge is 2.30. The normalized spacial score (nSPS) is 14.4. The molecule has 5 atom stereocenters. The van der Waals surface area contributed by atoms with Gasteiger partial charge in [-0.05, 0) is 148 Å². The smallest absolute Gasteiger partial charge is 0.462 e. The van der Waals surface area contributed by atoms with Crippen molar-refractivity contribution in [2.24, 2.45) is 0 Å². The highest BCUT2D eigenvalue weighted by Crippen LogP contribution is 2.45. The summed E-state index contributed by atoms with van der Waals surface area (Å²) in [5.41, 5.74) is 0. The molecule has 0 aromatic carbocycles. The fourth-order valence-electron chi connectivity index (χ4n) is 10.8. The van der Waals surface area contributed by atoms with E-state index in [-0.39, 0.29) is 25.7 Å². The first kappa shape index (κ1) is 98.0. The summed E-state index contributed by atoms with van der Waals surface area (Å²) in [6, 6.07) is 0. The van der Waals surface area contributed by atoms with Gasteiger partial charge in [-0.3, -0.25) is 37.3 Å². The predicted molar refractivity (Wildman–Crippen MR) is 418 cm³/mol. The number of unbranched alkanes of at least 4 members (excludes halogenated alkanes) is 34. The zero-order valence-electron chi connectivity index (χ0n) is 64.5. The molecule has 0 saturated heterocycles. The Kier molecular flexibility index (Phi) is 72.3. The molecular weight excluding hydrogens is 1330 g/mol. The van der Waals surface area contributed by atoms with Crippen LogP contribution in [0.3, 0.4) is 0 Å². The summed E-state index contributed by atoms with van der Waals surface area (Å²) in [5, 5.41) is 10.6. The lowest BCUT2D eigenvalue weighted by Crippen LogP contribution is -2.30. The summed E-state index contributed by atoms with van der Waals surface area (Å²) in [4.78, 5) is 73.0. The van der Waals surface area contributed by atoms with Crippen LogP contribution in [0.25, 0.3) is 0 Å². The van der Waals surface area contributed by atoms with Crippen LogP contribution in [-0.4, -0.2) is 96.7 Å². The molecule has 17 nitrogen and oxygen atoms in total. The Balaban J connectivity index is 5.42. The Labute approximate surface area is 620 Å². The molecule has 0 rings (SSSR count). The maximum atomic E-state index is 13.1. The van der Waals surface area contributed by atoms with Crippen LogP contribution in [0.5, 0.6) is 0 Å². The SMILES string of the molecule is CCCCC/C=C\C/C=C\C/C=C\C/C=C\CCCC(=O)OC[C@H](COP(=O)(O)OC[C@H](O)COP(=O)(O)OC[C@@H](COC(=O)CCCCCCC/C=C\C/C=C\CCCCC)OC(=O)CCCCCCC/C=C\CCCCCCCC)OC(=O)CCCCCCC/C=C\CCCCCCCC. The van der Waals surface area contributed by atoms with E-state index in [2.05, 4.69) is 113 Å². The Hall–Kier alpha value is -4.02. The maximum Gasteiger partial charge on any atom is 0.472 e. The molecule has 0 bridgehead atoms. The molecule has 0 amide bonds. The lowest BCUT2D eigenvalue weighted by Gasteiger charge is -2.21. The number of carbonyl (C=O) groups excluding carboxylic acids is 4. The first-order chi connectivity index (χ1) is 49.7. The number of hydrogen-bond acceptors (Lipinski definition) is 15. The van der Waals surface area contributed by atoms with Crippen LogP contribution in [0.4, 0.5) is 0 Å². The van der Waals surface area contributed by atoms with Gasteiger partial charge in [-0.2, -0.15) is 0 Å². The Morgan fingerprint density at radius 3 is 0.804 bits per heavy atom. The number of phosphoric ester groups is 2. The van der Waals surface area contributed by atoms with Crippen molar-refractivity contribution in [2.75, 3.05) is 39.6 Å². The van der Waals surface area contributed by atoms with Crippen molar-refractivity contribution in [3.05, 3.63) is 97.2 Å². The topological polar surface area (TPSA) is 237 Å². The van der Waals surface area contributed by atoms with E-state index in [4.69, 9.17) is 37.0 Å². The molecule has 0 fully saturated rings. The van der Waals surface area contributed by atoms with Crippen LogP contribution in [0.2, 0.25) is 0 Å². The number of allylic oxidation sites excluding steroid dienone is 16. The van der Waals surface area contributed by atoms with Crippen LogP contribution < -0.4 is 0 Å². The molecular formula is C83H146O17P2. The monoisotopic (exact) mass is 1480 g/mol. The highest BCUT2D eigenvalue weighted by molar-refractivity contribution is 7.47. The third-order valence-electron chi connectivity index (χ3n) is 17.0. The largest absolute Gasteiger partial charge is 0.472 e. The van der Waals surface area contributed by atoms with E-state index >= 15 is 0 Å². The van der Waals surface area contributed by atoms with Gasteiger partial charge in [0, 0.05) is 25.7 Å². The van der Waals surface area contributed by atoms with Crippen molar-refractivity contribution in [1.29, 1.82) is 0 Å². The molecule has 0 aliphatic heterocycles. The van der Waals surface area contributed by atoms with Gasteiger partial charge in [0.25, 0.3) is 0 Å². The number of carbonyl (C=O) groups is 4. The molecule has 19 heteroatoms. The minimum absolute atomic E-state index is 0.0736. The Bertz CT molecular complexity index is 2310. The summed E-state index contributed by atoms with van der Waals surface area (Å²) < 4.78 is 68.6. The van der Waals surface area contributed by atoms with Crippen LogP contribution >= 0.6 is 15.6 Å². The van der Waals surface area contributed by atoms with E-state index in [1.807, 2.05) is 12.2 Å². The molecule has 102 heavy (non-hydrogen) atoms. The number of ether oxygens (including phenoxy) is 4. The molecule has 0 aromatic heterocycles. The molecule has 0 aliphatic carbocycles. The maximum absolute atomic E-state index is 13.1. The quantitative estimate of drug-likeness (QED) is 0.0169. The van der Waals surface area contributed by atoms with Gasteiger partial charge in [-0.15, -0.1) is 0 Å². The summed E-state index contributed by atoms with van der Waals surface area (Å²) in [5.74, 6) is -2.26. The molecule has 0 heterocycles. The van der Waals surface area contributed by atoms with Gasteiger partial charge < -0.3 is 33.8 Å². The molecule has 2 unspecified atom stereocenters. The third-order valence-corrected chi connectivity index (χ3v) is 18.9. The second-order valence-corrected chi connectivity index (χ2v) is 29.9. The van der Waals surface area contributed by atoms with Crippen molar-refractivity contribution < 1.29 is 80.2 Å².